The van der Waals surface area contributed by atoms with Gasteiger partial charge in [0.2, 0.25) is 0 Å². The number of hydrogen-bond donors (Lipinski definition) is 3. The van der Waals surface area contributed by atoms with Gasteiger partial charge >= 0.3 is 0 Å². The van der Waals surface area contributed by atoms with Crippen molar-refractivity contribution in [1.82, 2.24) is 0 Å². The normalized spacial score (nSPS) is 10.3. The molecule has 0 spiro atoms. The van der Waals surface area contributed by atoms with Gasteiger partial charge in [0.25, 0.3) is 0 Å². The third kappa shape index (κ3) is 1.40. The molecule has 0 aliphatic rings. The highest BCUT2D eigenvalue weighted by Crippen LogP contribution is 2.20. The maximum Gasteiger partial charge on any atom is 0.122 e. The Morgan fingerprint density at radius 1 is 1.07 bits per heavy atom. The van der Waals surface area contributed by atoms with Crippen LogP contribution in [0.2, 0.25) is 0 Å². The minimum Gasteiger partial charge on any atom is -0.508 e. The first-order chi connectivity index (χ1) is 6.66. The Balaban J connectivity index is 2.69. The van der Waals surface area contributed by atoms with Gasteiger partial charge in [-0.05, 0) is 29.0 Å². The lowest BCUT2D eigenvalue weighted by molar-refractivity contribution is 0.476. The fourth-order valence-corrected chi connectivity index (χ4v) is 1.40. The minimum atomic E-state index is 0.0373. The molecule has 2 aromatic carbocycles. The Labute approximate surface area is 81.3 Å². The molecule has 0 aromatic heterocycles. The third-order valence-electron chi connectivity index (χ3n) is 2.13. The molecule has 0 bridgehead atoms. The van der Waals surface area contributed by atoms with Gasteiger partial charge in [0.05, 0.1) is 0 Å². The monoisotopic (exact) mass is 186 g/mol. The van der Waals surface area contributed by atoms with Gasteiger partial charge in [-0.15, -0.1) is 0 Å². The van der Waals surface area contributed by atoms with Gasteiger partial charge in [0, 0.05) is 5.56 Å². The summed E-state index contributed by atoms with van der Waals surface area (Å²) in [5.41, 5.74) is 6.03. The molecule has 0 radical (unpaired) electrons. The summed E-state index contributed by atoms with van der Waals surface area (Å²) in [7, 11) is 0. The van der Waals surface area contributed by atoms with Crippen LogP contribution in [0, 0.1) is 5.41 Å². The maximum absolute atomic E-state index is 9.27. The zero-order valence-corrected chi connectivity index (χ0v) is 7.49. The van der Waals surface area contributed by atoms with Crippen molar-refractivity contribution in [3.63, 3.8) is 0 Å². The van der Waals surface area contributed by atoms with E-state index in [0.717, 1.165) is 10.8 Å². The van der Waals surface area contributed by atoms with Crippen LogP contribution >= 0.6 is 0 Å². The maximum atomic E-state index is 9.27. The SMILES string of the molecule is N=C(N)c1ccc2ccc(O)cc2c1. The number of nitrogen functional groups attached to an aromatic ring is 1. The third-order valence-corrected chi connectivity index (χ3v) is 2.13. The molecule has 0 unspecified atom stereocenters. The number of rotatable bonds is 1. The van der Waals surface area contributed by atoms with Gasteiger partial charge in [-0.1, -0.05) is 18.2 Å². The largest absolute Gasteiger partial charge is 0.508 e. The van der Waals surface area contributed by atoms with Crippen LogP contribution in [0.4, 0.5) is 0 Å². The van der Waals surface area contributed by atoms with Crippen molar-refractivity contribution in [3.8, 4) is 5.75 Å². The van der Waals surface area contributed by atoms with E-state index < -0.39 is 0 Å². The summed E-state index contributed by atoms with van der Waals surface area (Å²) >= 11 is 0. The Hall–Kier alpha value is -2.03. The van der Waals surface area contributed by atoms with E-state index in [1.54, 1.807) is 24.3 Å². The van der Waals surface area contributed by atoms with Crippen molar-refractivity contribution >= 4 is 16.6 Å². The predicted octanol–water partition coefficient (Wildman–Crippen LogP) is 1.83. The van der Waals surface area contributed by atoms with Crippen LogP contribution in [0.5, 0.6) is 5.75 Å². The average Bonchev–Trinajstić information content (AvgIpc) is 2.16. The zero-order valence-electron chi connectivity index (χ0n) is 7.49. The quantitative estimate of drug-likeness (QED) is 0.469. The van der Waals surface area contributed by atoms with E-state index in [0.29, 0.717) is 5.56 Å². The van der Waals surface area contributed by atoms with Crippen LogP contribution in [0.3, 0.4) is 0 Å². The molecular weight excluding hydrogens is 176 g/mol. The lowest BCUT2D eigenvalue weighted by Gasteiger charge is -2.02. The van der Waals surface area contributed by atoms with E-state index in [-0.39, 0.29) is 11.6 Å². The number of fused-ring (bicyclic) bond motifs is 1. The predicted molar refractivity (Wildman–Crippen MR) is 56.6 cm³/mol. The number of amidine groups is 1. The van der Waals surface area contributed by atoms with Crippen LogP contribution in [-0.4, -0.2) is 10.9 Å². The Bertz CT molecular complexity index is 506. The molecule has 0 amide bonds. The van der Waals surface area contributed by atoms with E-state index in [1.807, 2.05) is 12.1 Å². The second kappa shape index (κ2) is 3.03. The molecule has 0 heterocycles. The molecule has 2 aromatic rings. The van der Waals surface area contributed by atoms with E-state index in [1.165, 1.54) is 0 Å². The van der Waals surface area contributed by atoms with Gasteiger partial charge in [0.15, 0.2) is 0 Å². The first-order valence-electron chi connectivity index (χ1n) is 4.24. The number of nitrogens with one attached hydrogen (secondary N) is 1. The molecule has 0 aliphatic carbocycles. The smallest absolute Gasteiger partial charge is 0.122 e. The summed E-state index contributed by atoms with van der Waals surface area (Å²) < 4.78 is 0. The number of hydrogen-bond acceptors (Lipinski definition) is 2. The van der Waals surface area contributed by atoms with Crippen molar-refractivity contribution in [2.24, 2.45) is 5.73 Å². The van der Waals surface area contributed by atoms with Crippen molar-refractivity contribution in [2.75, 3.05) is 0 Å². The van der Waals surface area contributed by atoms with Crippen LogP contribution in [0.15, 0.2) is 36.4 Å². The fraction of sp³-hybridized carbons (Fsp3) is 0. The molecular formula is C11H10N2O. The summed E-state index contributed by atoms with van der Waals surface area (Å²) in [5.74, 6) is 0.258. The van der Waals surface area contributed by atoms with Crippen LogP contribution < -0.4 is 5.73 Å². The molecule has 0 saturated carbocycles. The Morgan fingerprint density at radius 3 is 2.50 bits per heavy atom. The lowest BCUT2D eigenvalue weighted by Crippen LogP contribution is -2.10. The first kappa shape index (κ1) is 8.56. The number of aromatic hydroxyl groups is 1. The molecule has 0 atom stereocenters. The van der Waals surface area contributed by atoms with Gasteiger partial charge in [-0.3, -0.25) is 5.41 Å². The zero-order chi connectivity index (χ0) is 10.1. The van der Waals surface area contributed by atoms with E-state index >= 15 is 0 Å². The number of phenolic OH excluding ortho intramolecular Hbond substituents is 1. The average molecular weight is 186 g/mol. The highest BCUT2D eigenvalue weighted by Gasteiger charge is 1.99. The Kier molecular flexibility index (Phi) is 1.85. The summed E-state index contributed by atoms with van der Waals surface area (Å²) in [6.07, 6.45) is 0. The summed E-state index contributed by atoms with van der Waals surface area (Å²) in [4.78, 5) is 0. The second-order valence-electron chi connectivity index (χ2n) is 3.16. The second-order valence-corrected chi connectivity index (χ2v) is 3.16. The molecule has 14 heavy (non-hydrogen) atoms. The standard InChI is InChI=1S/C11H10N2O/c12-11(13)8-2-1-7-3-4-10(14)6-9(7)5-8/h1-6,14H,(H3,12,13). The van der Waals surface area contributed by atoms with Gasteiger partial charge < -0.3 is 10.8 Å². The number of benzene rings is 2. The van der Waals surface area contributed by atoms with Gasteiger partial charge in [0.1, 0.15) is 11.6 Å². The van der Waals surface area contributed by atoms with Gasteiger partial charge in [-0.25, -0.2) is 0 Å². The van der Waals surface area contributed by atoms with Crippen LogP contribution in [0.25, 0.3) is 10.8 Å². The number of phenols is 1. The lowest BCUT2D eigenvalue weighted by atomic mass is 10.1. The Morgan fingerprint density at radius 2 is 1.79 bits per heavy atom. The van der Waals surface area contributed by atoms with Crippen molar-refractivity contribution in [3.05, 3.63) is 42.0 Å². The fourth-order valence-electron chi connectivity index (χ4n) is 1.40. The van der Waals surface area contributed by atoms with Crippen molar-refractivity contribution in [2.45, 2.75) is 0 Å². The highest BCUT2D eigenvalue weighted by molar-refractivity contribution is 5.99. The van der Waals surface area contributed by atoms with Crippen LogP contribution in [0.1, 0.15) is 5.56 Å². The summed E-state index contributed by atoms with van der Waals surface area (Å²) in [6.45, 7) is 0. The van der Waals surface area contributed by atoms with Gasteiger partial charge in [-0.2, -0.15) is 0 Å². The van der Waals surface area contributed by atoms with E-state index in [2.05, 4.69) is 0 Å². The molecule has 4 N–H and O–H groups in total. The summed E-state index contributed by atoms with van der Waals surface area (Å²) in [6, 6.07) is 10.6. The molecule has 3 nitrogen and oxygen atoms in total. The number of nitrogens with two attached hydrogens (primary N) is 1. The molecule has 0 fully saturated rings. The van der Waals surface area contributed by atoms with E-state index in [4.69, 9.17) is 11.1 Å². The molecule has 70 valence electrons. The molecule has 0 saturated heterocycles. The topological polar surface area (TPSA) is 70.1 Å². The highest BCUT2D eigenvalue weighted by atomic mass is 16.3. The van der Waals surface area contributed by atoms with Crippen LogP contribution in [-0.2, 0) is 0 Å². The first-order valence-corrected chi connectivity index (χ1v) is 4.24. The summed E-state index contributed by atoms with van der Waals surface area (Å²) in [5, 5.41) is 18.5. The van der Waals surface area contributed by atoms with Crippen molar-refractivity contribution < 1.29 is 5.11 Å². The van der Waals surface area contributed by atoms with E-state index in [9.17, 15) is 5.11 Å². The van der Waals surface area contributed by atoms with Crippen molar-refractivity contribution in [1.29, 1.82) is 5.41 Å². The molecule has 0 aliphatic heterocycles. The molecule has 2 rings (SSSR count). The minimum absolute atomic E-state index is 0.0373. The molecule has 3 heteroatoms.